The van der Waals surface area contributed by atoms with Gasteiger partial charge in [0, 0.05) is 26.2 Å². The van der Waals surface area contributed by atoms with E-state index in [-0.39, 0.29) is 11.1 Å². The molecule has 1 aliphatic heterocycles. The fourth-order valence-corrected chi connectivity index (χ4v) is 3.28. The first-order chi connectivity index (χ1) is 11.6. The summed E-state index contributed by atoms with van der Waals surface area (Å²) in [6.45, 7) is 9.32. The normalized spacial score (nSPS) is 15.1. The Morgan fingerprint density at radius 3 is 2.24 bits per heavy atom. The molecule has 25 heavy (non-hydrogen) atoms. The molecule has 1 amide bonds. The Kier molecular flexibility index (Phi) is 5.60. The van der Waals surface area contributed by atoms with Crippen LogP contribution in [0.4, 0.5) is 16.2 Å². The number of halogens is 2. The fourth-order valence-electron chi connectivity index (χ4n) is 2.69. The van der Waals surface area contributed by atoms with Gasteiger partial charge in [0.15, 0.2) is 0 Å². The number of nitrogen functional groups attached to an aromatic ring is 1. The number of carbonyl (C=O) groups is 1. The second-order valence-corrected chi connectivity index (χ2v) is 7.71. The van der Waals surface area contributed by atoms with Gasteiger partial charge in [-0.15, -0.1) is 0 Å². The Labute approximate surface area is 158 Å². The maximum Gasteiger partial charge on any atom is 0.410 e. The number of piperazine rings is 1. The molecule has 0 spiro atoms. The van der Waals surface area contributed by atoms with Crippen molar-refractivity contribution in [1.29, 1.82) is 5.26 Å². The molecular weight excluding hydrogens is 363 g/mol. The summed E-state index contributed by atoms with van der Waals surface area (Å²) in [5.74, 6) is 0. The van der Waals surface area contributed by atoms with E-state index in [1.165, 1.54) is 0 Å². The molecule has 0 saturated carbocycles. The molecule has 0 aromatic heterocycles. The van der Waals surface area contributed by atoms with Gasteiger partial charge in [-0.25, -0.2) is 4.79 Å². The molecule has 0 aliphatic carbocycles. The molecule has 6 nitrogen and oxygen atoms in total. The molecular formula is C17H22Cl2N4O2. The van der Waals surface area contributed by atoms with Crippen LogP contribution in [0.25, 0.3) is 0 Å². The SMILES string of the molecule is Cc1c(Cl)c(N2CCN(C(=O)OC(C)(C)C)CC2)c(N)c(Cl)c1C#N. The Morgan fingerprint density at radius 1 is 1.20 bits per heavy atom. The lowest BCUT2D eigenvalue weighted by atomic mass is 10.1. The molecule has 1 aliphatic rings. The van der Waals surface area contributed by atoms with Gasteiger partial charge in [0.25, 0.3) is 0 Å². The number of ether oxygens (including phenoxy) is 1. The van der Waals surface area contributed by atoms with Crippen molar-refractivity contribution in [2.75, 3.05) is 36.8 Å². The number of carbonyl (C=O) groups excluding carboxylic acids is 1. The maximum atomic E-state index is 12.2. The summed E-state index contributed by atoms with van der Waals surface area (Å²) in [6.07, 6.45) is -0.333. The van der Waals surface area contributed by atoms with Crippen molar-refractivity contribution < 1.29 is 9.53 Å². The van der Waals surface area contributed by atoms with Crippen LogP contribution in [-0.2, 0) is 4.74 Å². The summed E-state index contributed by atoms with van der Waals surface area (Å²) in [6, 6.07) is 2.03. The number of nitrogens with two attached hydrogens (primary N) is 1. The van der Waals surface area contributed by atoms with Crippen LogP contribution < -0.4 is 10.6 Å². The lowest BCUT2D eigenvalue weighted by molar-refractivity contribution is 0.0240. The summed E-state index contributed by atoms with van der Waals surface area (Å²) < 4.78 is 5.39. The highest BCUT2D eigenvalue weighted by Gasteiger charge is 2.29. The largest absolute Gasteiger partial charge is 0.444 e. The topological polar surface area (TPSA) is 82.6 Å². The molecule has 1 fully saturated rings. The van der Waals surface area contributed by atoms with Gasteiger partial charge in [0.05, 0.1) is 27.0 Å². The molecule has 136 valence electrons. The number of nitrogens with zero attached hydrogens (tertiary/aromatic N) is 3. The van der Waals surface area contributed by atoms with E-state index in [2.05, 4.69) is 0 Å². The highest BCUT2D eigenvalue weighted by Crippen LogP contribution is 2.42. The Bertz CT molecular complexity index is 701. The number of nitriles is 1. The van der Waals surface area contributed by atoms with E-state index in [0.717, 1.165) is 0 Å². The molecule has 1 aromatic carbocycles. The van der Waals surface area contributed by atoms with Gasteiger partial charge in [0.1, 0.15) is 11.7 Å². The summed E-state index contributed by atoms with van der Waals surface area (Å²) in [5.41, 5.74) is 7.40. The van der Waals surface area contributed by atoms with Crippen LogP contribution in [0.1, 0.15) is 31.9 Å². The molecule has 2 rings (SSSR count). The van der Waals surface area contributed by atoms with Gasteiger partial charge < -0.3 is 20.3 Å². The fraction of sp³-hybridized carbons (Fsp3) is 0.529. The van der Waals surface area contributed by atoms with Gasteiger partial charge in [-0.3, -0.25) is 0 Å². The van der Waals surface area contributed by atoms with Crippen LogP contribution in [0.5, 0.6) is 0 Å². The van der Waals surface area contributed by atoms with E-state index in [1.807, 2.05) is 31.7 Å². The predicted molar refractivity (Wildman–Crippen MR) is 100 cm³/mol. The number of rotatable bonds is 1. The molecule has 0 atom stereocenters. The second kappa shape index (κ2) is 7.19. The van der Waals surface area contributed by atoms with Crippen LogP contribution in [0.15, 0.2) is 0 Å². The van der Waals surface area contributed by atoms with Crippen molar-refractivity contribution in [3.63, 3.8) is 0 Å². The van der Waals surface area contributed by atoms with Crippen LogP contribution in [0.3, 0.4) is 0 Å². The smallest absolute Gasteiger partial charge is 0.410 e. The molecule has 1 saturated heterocycles. The molecule has 8 heteroatoms. The summed E-state index contributed by atoms with van der Waals surface area (Å²) in [7, 11) is 0. The zero-order chi connectivity index (χ0) is 18.9. The average Bonchev–Trinajstić information content (AvgIpc) is 2.53. The van der Waals surface area contributed by atoms with E-state index in [0.29, 0.717) is 53.7 Å². The van der Waals surface area contributed by atoms with Gasteiger partial charge in [0.2, 0.25) is 0 Å². The molecule has 0 bridgehead atoms. The molecule has 2 N–H and O–H groups in total. The first-order valence-corrected chi connectivity index (χ1v) is 8.72. The van der Waals surface area contributed by atoms with E-state index < -0.39 is 5.60 Å². The zero-order valence-electron chi connectivity index (χ0n) is 14.8. The molecule has 1 aromatic rings. The van der Waals surface area contributed by atoms with Gasteiger partial charge in [-0.05, 0) is 33.3 Å². The van der Waals surface area contributed by atoms with Crippen molar-refractivity contribution in [3.8, 4) is 6.07 Å². The number of hydrogen-bond donors (Lipinski definition) is 1. The lowest BCUT2D eigenvalue weighted by Crippen LogP contribution is -2.50. The minimum atomic E-state index is -0.528. The highest BCUT2D eigenvalue weighted by atomic mass is 35.5. The van der Waals surface area contributed by atoms with E-state index in [9.17, 15) is 10.1 Å². The van der Waals surface area contributed by atoms with Crippen LogP contribution in [-0.4, -0.2) is 42.8 Å². The summed E-state index contributed by atoms with van der Waals surface area (Å²) in [5, 5.41) is 9.85. The van der Waals surface area contributed by atoms with Crippen molar-refractivity contribution in [2.24, 2.45) is 0 Å². The van der Waals surface area contributed by atoms with Crippen molar-refractivity contribution in [2.45, 2.75) is 33.3 Å². The first kappa shape index (κ1) is 19.5. The minimum Gasteiger partial charge on any atom is -0.444 e. The van der Waals surface area contributed by atoms with Gasteiger partial charge in [-0.1, -0.05) is 23.2 Å². The zero-order valence-corrected chi connectivity index (χ0v) is 16.3. The first-order valence-electron chi connectivity index (χ1n) is 7.96. The summed E-state index contributed by atoms with van der Waals surface area (Å²) in [4.78, 5) is 15.8. The molecule has 1 heterocycles. The standard InChI is InChI=1S/C17H22Cl2N4O2/c1-10-11(9-20)13(19)14(21)15(12(10)18)22-5-7-23(8-6-22)16(24)25-17(2,3)4/h5-8,21H2,1-4H3. The van der Waals surface area contributed by atoms with Gasteiger partial charge >= 0.3 is 6.09 Å². The molecule has 0 radical (unpaired) electrons. The number of anilines is 2. The highest BCUT2D eigenvalue weighted by molar-refractivity contribution is 6.39. The number of benzene rings is 1. The van der Waals surface area contributed by atoms with Crippen molar-refractivity contribution in [3.05, 3.63) is 21.2 Å². The second-order valence-electron chi connectivity index (χ2n) is 6.96. The monoisotopic (exact) mass is 384 g/mol. The third-order valence-corrected chi connectivity index (χ3v) is 4.84. The number of amides is 1. The van der Waals surface area contributed by atoms with Crippen LogP contribution in [0, 0.1) is 18.3 Å². The number of hydrogen-bond acceptors (Lipinski definition) is 5. The Balaban J connectivity index is 2.19. The van der Waals surface area contributed by atoms with E-state index in [4.69, 9.17) is 33.7 Å². The van der Waals surface area contributed by atoms with Crippen molar-refractivity contribution >= 4 is 40.7 Å². The van der Waals surface area contributed by atoms with E-state index >= 15 is 0 Å². The van der Waals surface area contributed by atoms with Crippen LogP contribution >= 0.6 is 23.2 Å². The average molecular weight is 385 g/mol. The lowest BCUT2D eigenvalue weighted by Gasteiger charge is -2.38. The van der Waals surface area contributed by atoms with Crippen molar-refractivity contribution in [1.82, 2.24) is 4.90 Å². The predicted octanol–water partition coefficient (Wildman–Crippen LogP) is 3.81. The third kappa shape index (κ3) is 4.05. The van der Waals surface area contributed by atoms with Crippen LogP contribution in [0.2, 0.25) is 10.0 Å². The molecule has 0 unspecified atom stereocenters. The van der Waals surface area contributed by atoms with Gasteiger partial charge in [-0.2, -0.15) is 5.26 Å². The Hall–Kier alpha value is -1.84. The van der Waals surface area contributed by atoms with E-state index in [1.54, 1.807) is 11.8 Å². The summed E-state index contributed by atoms with van der Waals surface area (Å²) >= 11 is 12.7. The minimum absolute atomic E-state index is 0.217. The maximum absolute atomic E-state index is 12.2. The quantitative estimate of drug-likeness (QED) is 0.744. The Morgan fingerprint density at radius 2 is 1.76 bits per heavy atom. The third-order valence-electron chi connectivity index (χ3n) is 3.98.